The van der Waals surface area contributed by atoms with Crippen molar-refractivity contribution in [1.29, 1.82) is 0 Å². The van der Waals surface area contributed by atoms with Gasteiger partial charge in [-0.3, -0.25) is 0 Å². The van der Waals surface area contributed by atoms with Crippen LogP contribution in [0.3, 0.4) is 0 Å². The lowest BCUT2D eigenvalue weighted by atomic mass is 10.1. The molecule has 0 aliphatic carbocycles. The fraction of sp³-hybridized carbons (Fsp3) is 0.625. The minimum absolute atomic E-state index is 0.401. The lowest BCUT2D eigenvalue weighted by molar-refractivity contribution is 0.152. The standard InChI is InChI=1S/C16H26BrN3/c1-14(15-6-3-4-7-16(15)17)18-8-5-9-20-12-10-19(2)11-13-20/h3-4,6-7,14,18H,5,8-13H2,1-2H3. The number of likely N-dealkylation sites (N-methyl/N-ethyl adjacent to an activating group) is 1. The first-order valence-corrected chi connectivity index (χ1v) is 8.35. The average molecular weight is 340 g/mol. The topological polar surface area (TPSA) is 18.5 Å². The minimum atomic E-state index is 0.401. The van der Waals surface area contributed by atoms with Crippen LogP contribution in [0.1, 0.15) is 24.9 Å². The molecule has 1 aromatic carbocycles. The Labute approximate surface area is 131 Å². The van der Waals surface area contributed by atoms with Gasteiger partial charge >= 0.3 is 0 Å². The van der Waals surface area contributed by atoms with Crippen molar-refractivity contribution in [1.82, 2.24) is 15.1 Å². The second-order valence-electron chi connectivity index (χ2n) is 5.70. The molecular formula is C16H26BrN3. The van der Waals surface area contributed by atoms with E-state index in [9.17, 15) is 0 Å². The van der Waals surface area contributed by atoms with Crippen molar-refractivity contribution < 1.29 is 0 Å². The van der Waals surface area contributed by atoms with Gasteiger partial charge in [-0.2, -0.15) is 0 Å². The molecule has 1 aliphatic rings. The Morgan fingerprint density at radius 2 is 1.90 bits per heavy atom. The molecule has 1 heterocycles. The molecule has 3 nitrogen and oxygen atoms in total. The fourth-order valence-corrected chi connectivity index (χ4v) is 3.26. The maximum atomic E-state index is 3.62. The fourth-order valence-electron chi connectivity index (χ4n) is 2.63. The average Bonchev–Trinajstić information content (AvgIpc) is 2.46. The third kappa shape index (κ3) is 4.85. The van der Waals surface area contributed by atoms with Crippen LogP contribution in [0.4, 0.5) is 0 Å². The van der Waals surface area contributed by atoms with E-state index in [1.165, 1.54) is 49.2 Å². The molecule has 4 heteroatoms. The predicted octanol–water partition coefficient (Wildman–Crippen LogP) is 2.74. The summed E-state index contributed by atoms with van der Waals surface area (Å²) < 4.78 is 1.19. The molecule has 0 aromatic heterocycles. The SMILES string of the molecule is CC(NCCCN1CCN(C)CC1)c1ccccc1Br. The molecule has 1 fully saturated rings. The number of piperazine rings is 1. The van der Waals surface area contributed by atoms with Crippen LogP contribution in [-0.4, -0.2) is 56.1 Å². The Balaban J connectivity index is 1.65. The third-order valence-corrected chi connectivity index (χ3v) is 4.79. The highest BCUT2D eigenvalue weighted by atomic mass is 79.9. The summed E-state index contributed by atoms with van der Waals surface area (Å²) in [7, 11) is 2.21. The van der Waals surface area contributed by atoms with Crippen molar-refractivity contribution in [2.24, 2.45) is 0 Å². The summed E-state index contributed by atoms with van der Waals surface area (Å²) in [4.78, 5) is 4.98. The molecule has 2 rings (SSSR count). The first-order valence-electron chi connectivity index (χ1n) is 7.55. The second kappa shape index (κ2) is 8.13. The van der Waals surface area contributed by atoms with E-state index in [0.717, 1.165) is 6.54 Å². The molecule has 1 unspecified atom stereocenters. The summed E-state index contributed by atoms with van der Waals surface area (Å²) in [6.07, 6.45) is 1.22. The van der Waals surface area contributed by atoms with Crippen LogP contribution < -0.4 is 5.32 Å². The van der Waals surface area contributed by atoms with Gasteiger partial charge < -0.3 is 15.1 Å². The Morgan fingerprint density at radius 3 is 2.60 bits per heavy atom. The van der Waals surface area contributed by atoms with Gasteiger partial charge in [0, 0.05) is 36.7 Å². The molecule has 1 saturated heterocycles. The van der Waals surface area contributed by atoms with Crippen LogP contribution in [0.15, 0.2) is 28.7 Å². The second-order valence-corrected chi connectivity index (χ2v) is 6.55. The third-order valence-electron chi connectivity index (χ3n) is 4.07. The zero-order valence-corrected chi connectivity index (χ0v) is 14.2. The van der Waals surface area contributed by atoms with Crippen LogP contribution >= 0.6 is 15.9 Å². The number of halogens is 1. The number of nitrogens with one attached hydrogen (secondary N) is 1. The monoisotopic (exact) mass is 339 g/mol. The zero-order chi connectivity index (χ0) is 14.4. The maximum absolute atomic E-state index is 3.62. The molecule has 112 valence electrons. The van der Waals surface area contributed by atoms with Gasteiger partial charge in [-0.05, 0) is 45.1 Å². The van der Waals surface area contributed by atoms with E-state index < -0.39 is 0 Å². The van der Waals surface area contributed by atoms with Crippen LogP contribution in [0.2, 0.25) is 0 Å². The Morgan fingerprint density at radius 1 is 1.20 bits per heavy atom. The molecule has 1 atom stereocenters. The number of hydrogen-bond acceptors (Lipinski definition) is 3. The van der Waals surface area contributed by atoms with Crippen molar-refractivity contribution in [2.45, 2.75) is 19.4 Å². The number of hydrogen-bond donors (Lipinski definition) is 1. The Kier molecular flexibility index (Phi) is 6.49. The van der Waals surface area contributed by atoms with Gasteiger partial charge in [-0.25, -0.2) is 0 Å². The van der Waals surface area contributed by atoms with E-state index in [-0.39, 0.29) is 0 Å². The van der Waals surface area contributed by atoms with Gasteiger partial charge in [0.15, 0.2) is 0 Å². The number of rotatable bonds is 6. The van der Waals surface area contributed by atoms with Crippen LogP contribution in [0, 0.1) is 0 Å². The molecule has 0 spiro atoms. The zero-order valence-electron chi connectivity index (χ0n) is 12.6. The normalized spacial score (nSPS) is 19.1. The van der Waals surface area contributed by atoms with E-state index in [0.29, 0.717) is 6.04 Å². The summed E-state index contributed by atoms with van der Waals surface area (Å²) in [6, 6.07) is 8.86. The molecule has 20 heavy (non-hydrogen) atoms. The lowest BCUT2D eigenvalue weighted by Crippen LogP contribution is -2.45. The van der Waals surface area contributed by atoms with Crippen molar-refractivity contribution in [2.75, 3.05) is 46.3 Å². The van der Waals surface area contributed by atoms with Crippen molar-refractivity contribution >= 4 is 15.9 Å². The molecule has 1 N–H and O–H groups in total. The highest BCUT2D eigenvalue weighted by Crippen LogP contribution is 2.22. The summed E-state index contributed by atoms with van der Waals surface area (Å²) in [5.41, 5.74) is 1.34. The Bertz CT molecular complexity index is 402. The minimum Gasteiger partial charge on any atom is -0.310 e. The lowest BCUT2D eigenvalue weighted by Gasteiger charge is -2.32. The molecule has 1 aromatic rings. The van der Waals surface area contributed by atoms with Crippen LogP contribution in [0.5, 0.6) is 0 Å². The summed E-state index contributed by atoms with van der Waals surface area (Å²) in [5.74, 6) is 0. The molecule has 0 amide bonds. The largest absolute Gasteiger partial charge is 0.310 e. The maximum Gasteiger partial charge on any atom is 0.0302 e. The van der Waals surface area contributed by atoms with Gasteiger partial charge in [0.1, 0.15) is 0 Å². The molecule has 1 aliphatic heterocycles. The van der Waals surface area contributed by atoms with Crippen LogP contribution in [-0.2, 0) is 0 Å². The molecule has 0 saturated carbocycles. The van der Waals surface area contributed by atoms with Gasteiger partial charge in [-0.1, -0.05) is 34.1 Å². The van der Waals surface area contributed by atoms with Crippen LogP contribution in [0.25, 0.3) is 0 Å². The van der Waals surface area contributed by atoms with E-state index in [1.54, 1.807) is 0 Å². The van der Waals surface area contributed by atoms with Crippen molar-refractivity contribution in [3.8, 4) is 0 Å². The molecular weight excluding hydrogens is 314 g/mol. The van der Waals surface area contributed by atoms with Crippen molar-refractivity contribution in [3.63, 3.8) is 0 Å². The number of nitrogens with zero attached hydrogens (tertiary/aromatic N) is 2. The highest BCUT2D eigenvalue weighted by Gasteiger charge is 2.13. The first-order chi connectivity index (χ1) is 9.66. The van der Waals surface area contributed by atoms with E-state index in [1.807, 2.05) is 0 Å². The number of benzene rings is 1. The quantitative estimate of drug-likeness (QED) is 0.804. The first kappa shape index (κ1) is 16.0. The summed E-state index contributed by atoms with van der Waals surface area (Å²) in [5, 5.41) is 3.62. The molecule has 0 bridgehead atoms. The van der Waals surface area contributed by atoms with E-state index in [4.69, 9.17) is 0 Å². The smallest absolute Gasteiger partial charge is 0.0302 e. The summed E-state index contributed by atoms with van der Waals surface area (Å²) in [6.45, 7) is 9.38. The van der Waals surface area contributed by atoms with Gasteiger partial charge in [0.05, 0.1) is 0 Å². The summed E-state index contributed by atoms with van der Waals surface area (Å²) >= 11 is 3.62. The molecule has 0 radical (unpaired) electrons. The van der Waals surface area contributed by atoms with Gasteiger partial charge in [0.25, 0.3) is 0 Å². The van der Waals surface area contributed by atoms with Crippen molar-refractivity contribution in [3.05, 3.63) is 34.3 Å². The van der Waals surface area contributed by atoms with Gasteiger partial charge in [0.2, 0.25) is 0 Å². The Hall–Kier alpha value is -0.420. The predicted molar refractivity (Wildman–Crippen MR) is 89.1 cm³/mol. The highest BCUT2D eigenvalue weighted by molar-refractivity contribution is 9.10. The van der Waals surface area contributed by atoms with E-state index >= 15 is 0 Å². The van der Waals surface area contributed by atoms with Gasteiger partial charge in [-0.15, -0.1) is 0 Å². The van der Waals surface area contributed by atoms with E-state index in [2.05, 4.69) is 69.3 Å².